The van der Waals surface area contributed by atoms with Gasteiger partial charge in [0.1, 0.15) is 0 Å². The summed E-state index contributed by atoms with van der Waals surface area (Å²) in [6.45, 7) is 0. The van der Waals surface area contributed by atoms with E-state index >= 15 is 0 Å². The van der Waals surface area contributed by atoms with Crippen LogP contribution >= 0.6 is 0 Å². The van der Waals surface area contributed by atoms with Crippen molar-refractivity contribution in [3.63, 3.8) is 0 Å². The summed E-state index contributed by atoms with van der Waals surface area (Å²) in [7, 11) is 1.92. The second-order valence-corrected chi connectivity index (χ2v) is 4.52. The largest absolute Gasteiger partial charge is 0.294 e. The minimum Gasteiger partial charge on any atom is -0.294 e. The molecular formula is C15H18N2O. The van der Waals surface area contributed by atoms with E-state index in [4.69, 9.17) is 0 Å². The molecule has 1 heterocycles. The lowest BCUT2D eigenvalue weighted by Gasteiger charge is -2.00. The van der Waals surface area contributed by atoms with E-state index in [1.165, 1.54) is 5.56 Å². The number of benzene rings is 1. The first kappa shape index (κ1) is 12.6. The van der Waals surface area contributed by atoms with Crippen LogP contribution in [-0.2, 0) is 13.5 Å². The number of ketones is 1. The summed E-state index contributed by atoms with van der Waals surface area (Å²) < 4.78 is 1.81. The van der Waals surface area contributed by atoms with E-state index in [2.05, 4.69) is 5.10 Å². The fourth-order valence-corrected chi connectivity index (χ4v) is 1.98. The lowest BCUT2D eigenvalue weighted by Crippen LogP contribution is -1.98. The fourth-order valence-electron chi connectivity index (χ4n) is 1.98. The Morgan fingerprint density at radius 3 is 2.67 bits per heavy atom. The minimum absolute atomic E-state index is 0.238. The normalized spacial score (nSPS) is 10.5. The van der Waals surface area contributed by atoms with Crippen LogP contribution in [0.3, 0.4) is 0 Å². The highest BCUT2D eigenvalue weighted by Gasteiger charge is 2.04. The summed E-state index contributed by atoms with van der Waals surface area (Å²) in [6.07, 6.45) is 7.51. The first-order chi connectivity index (χ1) is 8.75. The van der Waals surface area contributed by atoms with Gasteiger partial charge in [-0.1, -0.05) is 30.3 Å². The Morgan fingerprint density at radius 1 is 1.22 bits per heavy atom. The quantitative estimate of drug-likeness (QED) is 0.576. The summed E-state index contributed by atoms with van der Waals surface area (Å²) in [5.74, 6) is 0.238. The van der Waals surface area contributed by atoms with Gasteiger partial charge < -0.3 is 0 Å². The van der Waals surface area contributed by atoms with Gasteiger partial charge in [-0.3, -0.25) is 9.48 Å². The zero-order chi connectivity index (χ0) is 12.8. The third kappa shape index (κ3) is 3.55. The molecule has 0 saturated heterocycles. The first-order valence-electron chi connectivity index (χ1n) is 6.31. The van der Waals surface area contributed by atoms with Crippen LogP contribution in [0.4, 0.5) is 0 Å². The molecule has 3 nitrogen and oxygen atoms in total. The van der Waals surface area contributed by atoms with Gasteiger partial charge in [0.05, 0.1) is 6.20 Å². The van der Waals surface area contributed by atoms with Gasteiger partial charge in [-0.25, -0.2) is 0 Å². The van der Waals surface area contributed by atoms with Gasteiger partial charge in [0.25, 0.3) is 0 Å². The van der Waals surface area contributed by atoms with E-state index in [0.717, 1.165) is 24.8 Å². The second kappa shape index (κ2) is 6.15. The standard InChI is InChI=1S/C15H18N2O/c1-17-12-13(11-16-17)7-5-6-10-15(18)14-8-3-2-4-9-14/h2-4,8-9,11-12H,5-7,10H2,1H3. The molecule has 0 aliphatic rings. The highest BCUT2D eigenvalue weighted by molar-refractivity contribution is 5.95. The smallest absolute Gasteiger partial charge is 0.162 e. The molecule has 0 N–H and O–H groups in total. The topological polar surface area (TPSA) is 34.9 Å². The Morgan fingerprint density at radius 2 is 2.00 bits per heavy atom. The van der Waals surface area contributed by atoms with Crippen molar-refractivity contribution in [1.82, 2.24) is 9.78 Å². The number of nitrogens with zero attached hydrogens (tertiary/aromatic N) is 2. The molecule has 0 spiro atoms. The van der Waals surface area contributed by atoms with Crippen LogP contribution in [0.15, 0.2) is 42.7 Å². The molecule has 94 valence electrons. The molecule has 2 aromatic rings. The van der Waals surface area contributed by atoms with E-state index in [1.807, 2.05) is 54.5 Å². The SMILES string of the molecule is Cn1cc(CCCCC(=O)c2ccccc2)cn1. The van der Waals surface area contributed by atoms with Crippen LogP contribution in [0.1, 0.15) is 35.2 Å². The van der Waals surface area contributed by atoms with Gasteiger partial charge in [-0.15, -0.1) is 0 Å². The molecule has 3 heteroatoms. The van der Waals surface area contributed by atoms with Gasteiger partial charge in [0.15, 0.2) is 5.78 Å². The lowest BCUT2D eigenvalue weighted by molar-refractivity contribution is 0.0979. The van der Waals surface area contributed by atoms with Crippen molar-refractivity contribution in [2.24, 2.45) is 7.05 Å². The lowest BCUT2D eigenvalue weighted by atomic mass is 10.0. The van der Waals surface area contributed by atoms with Gasteiger partial charge in [-0.2, -0.15) is 5.10 Å². The number of rotatable bonds is 6. The van der Waals surface area contributed by atoms with Crippen LogP contribution in [0.5, 0.6) is 0 Å². The number of Topliss-reactive ketones (excluding diaryl/α,β-unsaturated/α-hetero) is 1. The summed E-state index contributed by atoms with van der Waals surface area (Å²) in [5, 5.41) is 4.13. The highest BCUT2D eigenvalue weighted by atomic mass is 16.1. The first-order valence-corrected chi connectivity index (χ1v) is 6.31. The van der Waals surface area contributed by atoms with Gasteiger partial charge in [0, 0.05) is 25.2 Å². The number of hydrogen-bond donors (Lipinski definition) is 0. The average Bonchev–Trinajstić information content (AvgIpc) is 2.81. The summed E-state index contributed by atoms with van der Waals surface area (Å²) in [4.78, 5) is 11.8. The van der Waals surface area contributed by atoms with E-state index < -0.39 is 0 Å². The highest BCUT2D eigenvalue weighted by Crippen LogP contribution is 2.09. The molecular weight excluding hydrogens is 224 g/mol. The zero-order valence-electron chi connectivity index (χ0n) is 10.7. The van der Waals surface area contributed by atoms with Gasteiger partial charge in [-0.05, 0) is 24.8 Å². The molecule has 0 radical (unpaired) electrons. The Labute approximate surface area is 107 Å². The van der Waals surface area contributed by atoms with E-state index in [0.29, 0.717) is 6.42 Å². The molecule has 2 rings (SSSR count). The van der Waals surface area contributed by atoms with E-state index in [9.17, 15) is 4.79 Å². The van der Waals surface area contributed by atoms with Crippen molar-refractivity contribution in [2.75, 3.05) is 0 Å². The Balaban J connectivity index is 1.71. The predicted octanol–water partition coefficient (Wildman–Crippen LogP) is 3.02. The molecule has 0 bridgehead atoms. The molecule has 18 heavy (non-hydrogen) atoms. The summed E-state index contributed by atoms with van der Waals surface area (Å²) >= 11 is 0. The molecule has 0 fully saturated rings. The maximum atomic E-state index is 11.8. The van der Waals surface area contributed by atoms with Crippen LogP contribution in [0, 0.1) is 0 Å². The number of unbranched alkanes of at least 4 members (excludes halogenated alkanes) is 1. The molecule has 0 atom stereocenters. The Hall–Kier alpha value is -1.90. The van der Waals surface area contributed by atoms with Crippen molar-refractivity contribution >= 4 is 5.78 Å². The number of carbonyl (C=O) groups excluding carboxylic acids is 1. The second-order valence-electron chi connectivity index (χ2n) is 4.52. The number of aryl methyl sites for hydroxylation is 2. The van der Waals surface area contributed by atoms with Crippen LogP contribution in [0.2, 0.25) is 0 Å². The molecule has 1 aromatic heterocycles. The fraction of sp³-hybridized carbons (Fsp3) is 0.333. The zero-order valence-corrected chi connectivity index (χ0v) is 10.7. The van der Waals surface area contributed by atoms with Crippen molar-refractivity contribution in [1.29, 1.82) is 0 Å². The van der Waals surface area contributed by atoms with Crippen LogP contribution in [-0.4, -0.2) is 15.6 Å². The third-order valence-electron chi connectivity index (χ3n) is 2.97. The van der Waals surface area contributed by atoms with Gasteiger partial charge >= 0.3 is 0 Å². The van der Waals surface area contributed by atoms with E-state index in [1.54, 1.807) is 0 Å². The Kier molecular flexibility index (Phi) is 4.29. The molecule has 0 aliphatic carbocycles. The molecule has 0 unspecified atom stereocenters. The average molecular weight is 242 g/mol. The monoisotopic (exact) mass is 242 g/mol. The molecule has 1 aromatic carbocycles. The summed E-state index contributed by atoms with van der Waals surface area (Å²) in [6, 6.07) is 9.50. The Bertz CT molecular complexity index is 502. The number of aromatic nitrogens is 2. The summed E-state index contributed by atoms with van der Waals surface area (Å²) in [5.41, 5.74) is 2.06. The third-order valence-corrected chi connectivity index (χ3v) is 2.97. The maximum Gasteiger partial charge on any atom is 0.162 e. The van der Waals surface area contributed by atoms with Crippen molar-refractivity contribution in [3.05, 3.63) is 53.9 Å². The number of carbonyl (C=O) groups is 1. The van der Waals surface area contributed by atoms with Crippen LogP contribution < -0.4 is 0 Å². The maximum absolute atomic E-state index is 11.8. The van der Waals surface area contributed by atoms with Crippen LogP contribution in [0.25, 0.3) is 0 Å². The molecule has 0 saturated carbocycles. The van der Waals surface area contributed by atoms with Crippen molar-refractivity contribution in [3.8, 4) is 0 Å². The van der Waals surface area contributed by atoms with Crippen molar-refractivity contribution in [2.45, 2.75) is 25.7 Å². The predicted molar refractivity (Wildman–Crippen MR) is 71.5 cm³/mol. The molecule has 0 amide bonds. The van der Waals surface area contributed by atoms with E-state index in [-0.39, 0.29) is 5.78 Å². The minimum atomic E-state index is 0.238. The van der Waals surface area contributed by atoms with Crippen molar-refractivity contribution < 1.29 is 4.79 Å². The molecule has 0 aliphatic heterocycles. The van der Waals surface area contributed by atoms with Gasteiger partial charge in [0.2, 0.25) is 0 Å². The number of hydrogen-bond acceptors (Lipinski definition) is 2.